The van der Waals surface area contributed by atoms with Crippen molar-refractivity contribution in [2.75, 3.05) is 13.7 Å². The summed E-state index contributed by atoms with van der Waals surface area (Å²) < 4.78 is 46.4. The fraction of sp³-hybridized carbons (Fsp3) is 0.682. The van der Waals surface area contributed by atoms with Gasteiger partial charge >= 0.3 is 35.8 Å². The Bertz CT molecular complexity index is 857. The van der Waals surface area contributed by atoms with Gasteiger partial charge in [-0.05, 0) is 6.42 Å². The standard InChI is InChI=1S/C22H30FNO11/c1-8-10-31-21(29)24-16-17(11(3)15(9-2)32-12(4)25)35-22(20(28)30-7,34-14(6)27)19(23)18(16)33-13(5)26/h1,11,15-19H,9-10H2,2-7H3,(H,24,29)/t11-,15-,16+,17?,18+,19?,22-/m1/s1. The maximum absolute atomic E-state index is 15.9. The number of hydrogen-bond acceptors (Lipinski definition) is 11. The SMILES string of the molecule is C#CCOC(=O)N[C@H]1C([C@H](C)[C@@H](CC)OC(C)=O)O[C@@](OC(C)=O)(C(=O)OC)C(F)[C@H]1OC(C)=O. The van der Waals surface area contributed by atoms with Crippen LogP contribution in [-0.4, -0.2) is 80.0 Å². The summed E-state index contributed by atoms with van der Waals surface area (Å²) >= 11 is 0. The van der Waals surface area contributed by atoms with Crippen molar-refractivity contribution in [3.05, 3.63) is 0 Å². The molecular formula is C22H30FNO11. The first-order chi connectivity index (χ1) is 16.3. The molecule has 0 aromatic rings. The molecule has 1 fully saturated rings. The van der Waals surface area contributed by atoms with Crippen LogP contribution >= 0.6 is 0 Å². The van der Waals surface area contributed by atoms with Gasteiger partial charge < -0.3 is 33.7 Å². The molecule has 7 atom stereocenters. The fourth-order valence-corrected chi connectivity index (χ4v) is 3.76. The number of esters is 4. The number of rotatable bonds is 9. The van der Waals surface area contributed by atoms with Gasteiger partial charge in [0.25, 0.3) is 0 Å². The zero-order chi connectivity index (χ0) is 26.9. The van der Waals surface area contributed by atoms with Crippen LogP contribution in [0.25, 0.3) is 0 Å². The number of alkyl carbamates (subject to hydrolysis) is 1. The quantitative estimate of drug-likeness (QED) is 0.270. The summed E-state index contributed by atoms with van der Waals surface area (Å²) in [5, 5.41) is 2.32. The van der Waals surface area contributed by atoms with Crippen LogP contribution in [0.1, 0.15) is 41.0 Å². The number of hydrogen-bond donors (Lipinski definition) is 1. The largest absolute Gasteiger partial charge is 0.464 e. The lowest BCUT2D eigenvalue weighted by Crippen LogP contribution is -2.73. The molecule has 0 aromatic carbocycles. The van der Waals surface area contributed by atoms with Gasteiger partial charge in [0.2, 0.25) is 6.17 Å². The van der Waals surface area contributed by atoms with E-state index in [1.54, 1.807) is 6.92 Å². The smallest absolute Gasteiger partial charge is 0.408 e. The Morgan fingerprint density at radius 3 is 2.23 bits per heavy atom. The van der Waals surface area contributed by atoms with Crippen molar-refractivity contribution in [3.63, 3.8) is 0 Å². The minimum atomic E-state index is -3.00. The lowest BCUT2D eigenvalue weighted by atomic mass is 9.82. The first-order valence-corrected chi connectivity index (χ1v) is 10.7. The molecule has 0 bridgehead atoms. The number of amides is 1. The Kier molecular flexibility index (Phi) is 10.9. The number of nitrogens with one attached hydrogen (secondary N) is 1. The molecule has 1 saturated heterocycles. The van der Waals surface area contributed by atoms with Gasteiger partial charge in [0.15, 0.2) is 12.7 Å². The van der Waals surface area contributed by atoms with Crippen molar-refractivity contribution >= 4 is 30.0 Å². The molecule has 12 nitrogen and oxygen atoms in total. The minimum absolute atomic E-state index is 0.241. The second-order valence-electron chi connectivity index (χ2n) is 7.68. The molecule has 1 aliphatic rings. The van der Waals surface area contributed by atoms with E-state index in [0.29, 0.717) is 0 Å². The van der Waals surface area contributed by atoms with Crippen LogP contribution < -0.4 is 5.32 Å². The van der Waals surface area contributed by atoms with Gasteiger partial charge in [-0.15, -0.1) is 6.42 Å². The van der Waals surface area contributed by atoms with Gasteiger partial charge in [-0.25, -0.2) is 14.0 Å². The van der Waals surface area contributed by atoms with Crippen LogP contribution in [0.3, 0.4) is 0 Å². The molecule has 0 saturated carbocycles. The van der Waals surface area contributed by atoms with Crippen LogP contribution in [0.4, 0.5) is 9.18 Å². The Hall–Kier alpha value is -3.40. The summed E-state index contributed by atoms with van der Waals surface area (Å²) in [6.07, 6.45) is -2.69. The molecule has 1 aliphatic heterocycles. The summed E-state index contributed by atoms with van der Waals surface area (Å²) in [5.41, 5.74) is 0. The first-order valence-electron chi connectivity index (χ1n) is 10.7. The van der Waals surface area contributed by atoms with Gasteiger partial charge in [0, 0.05) is 26.7 Å². The molecule has 1 amide bonds. The number of ether oxygens (including phenoxy) is 6. The lowest BCUT2D eigenvalue weighted by molar-refractivity contribution is -0.320. The average Bonchev–Trinajstić information content (AvgIpc) is 2.78. The van der Waals surface area contributed by atoms with E-state index in [1.165, 1.54) is 13.8 Å². The molecule has 1 N–H and O–H groups in total. The van der Waals surface area contributed by atoms with Crippen molar-refractivity contribution < 1.29 is 56.8 Å². The van der Waals surface area contributed by atoms with Crippen molar-refractivity contribution in [3.8, 4) is 12.3 Å². The molecule has 13 heteroatoms. The number of alkyl halides is 1. The molecule has 196 valence electrons. The number of terminal acetylenes is 1. The Balaban J connectivity index is 3.70. The maximum Gasteiger partial charge on any atom is 0.408 e. The molecule has 0 radical (unpaired) electrons. The van der Waals surface area contributed by atoms with E-state index in [9.17, 15) is 24.0 Å². The number of halogens is 1. The average molecular weight is 503 g/mol. The van der Waals surface area contributed by atoms with Crippen LogP contribution in [-0.2, 0) is 47.6 Å². The third-order valence-electron chi connectivity index (χ3n) is 5.13. The van der Waals surface area contributed by atoms with Crippen LogP contribution in [0.2, 0.25) is 0 Å². The monoisotopic (exact) mass is 503 g/mol. The van der Waals surface area contributed by atoms with Crippen molar-refractivity contribution in [2.45, 2.75) is 77.4 Å². The van der Waals surface area contributed by atoms with E-state index in [4.69, 9.17) is 30.1 Å². The van der Waals surface area contributed by atoms with Crippen LogP contribution in [0, 0.1) is 18.3 Å². The summed E-state index contributed by atoms with van der Waals surface area (Å²) in [5.74, 6) is -5.99. The van der Waals surface area contributed by atoms with E-state index in [0.717, 1.165) is 21.0 Å². The summed E-state index contributed by atoms with van der Waals surface area (Å²) in [6.45, 7) is 5.80. The molecule has 35 heavy (non-hydrogen) atoms. The summed E-state index contributed by atoms with van der Waals surface area (Å²) in [7, 11) is 0.901. The molecule has 0 aromatic heterocycles. The van der Waals surface area contributed by atoms with Crippen molar-refractivity contribution in [2.24, 2.45) is 5.92 Å². The first kappa shape index (κ1) is 29.6. The molecular weight excluding hydrogens is 473 g/mol. The van der Waals surface area contributed by atoms with Crippen LogP contribution in [0.15, 0.2) is 0 Å². The topological polar surface area (TPSA) is 153 Å². The number of methoxy groups -OCH3 is 1. The third kappa shape index (κ3) is 7.29. The highest BCUT2D eigenvalue weighted by atomic mass is 19.1. The third-order valence-corrected chi connectivity index (χ3v) is 5.13. The number of carbonyl (C=O) groups is 5. The summed E-state index contributed by atoms with van der Waals surface area (Å²) in [6, 6.07) is -1.51. The second kappa shape index (κ2) is 12.9. The lowest BCUT2D eigenvalue weighted by Gasteiger charge is -2.49. The molecule has 0 spiro atoms. The molecule has 0 aliphatic carbocycles. The number of carbonyl (C=O) groups excluding carboxylic acids is 5. The Morgan fingerprint density at radius 2 is 1.77 bits per heavy atom. The van der Waals surface area contributed by atoms with E-state index in [1.807, 2.05) is 0 Å². The van der Waals surface area contributed by atoms with Gasteiger partial charge in [-0.2, -0.15) is 0 Å². The van der Waals surface area contributed by atoms with E-state index < -0.39 is 78.8 Å². The predicted molar refractivity (Wildman–Crippen MR) is 114 cm³/mol. The zero-order valence-electron chi connectivity index (χ0n) is 20.3. The highest BCUT2D eigenvalue weighted by Crippen LogP contribution is 2.40. The Labute approximate surface area is 202 Å². The van der Waals surface area contributed by atoms with E-state index >= 15 is 4.39 Å². The molecule has 1 rings (SSSR count). The maximum atomic E-state index is 15.9. The van der Waals surface area contributed by atoms with Crippen LogP contribution in [0.5, 0.6) is 0 Å². The predicted octanol–water partition coefficient (Wildman–Crippen LogP) is 0.793. The minimum Gasteiger partial charge on any atom is -0.464 e. The Morgan fingerprint density at radius 1 is 1.14 bits per heavy atom. The zero-order valence-corrected chi connectivity index (χ0v) is 20.3. The highest BCUT2D eigenvalue weighted by Gasteiger charge is 2.66. The molecule has 2 unspecified atom stereocenters. The van der Waals surface area contributed by atoms with Gasteiger partial charge in [0.05, 0.1) is 19.3 Å². The normalized spacial score (nSPS) is 27.3. The highest BCUT2D eigenvalue weighted by molar-refractivity contribution is 5.83. The van der Waals surface area contributed by atoms with E-state index in [-0.39, 0.29) is 6.42 Å². The molecule has 1 heterocycles. The van der Waals surface area contributed by atoms with Gasteiger partial charge in [0.1, 0.15) is 6.10 Å². The second-order valence-corrected chi connectivity index (χ2v) is 7.68. The van der Waals surface area contributed by atoms with Gasteiger partial charge in [-0.1, -0.05) is 19.8 Å². The fourth-order valence-electron chi connectivity index (χ4n) is 3.76. The van der Waals surface area contributed by atoms with Gasteiger partial charge in [-0.3, -0.25) is 14.4 Å². The van der Waals surface area contributed by atoms with Crippen molar-refractivity contribution in [1.82, 2.24) is 5.32 Å². The summed E-state index contributed by atoms with van der Waals surface area (Å²) in [4.78, 5) is 60.3. The van der Waals surface area contributed by atoms with Crippen molar-refractivity contribution in [1.29, 1.82) is 0 Å². The van der Waals surface area contributed by atoms with E-state index in [2.05, 4.69) is 16.0 Å².